The summed E-state index contributed by atoms with van der Waals surface area (Å²) < 4.78 is 5.89. The van der Waals surface area contributed by atoms with Gasteiger partial charge in [0.05, 0.1) is 12.2 Å². The van der Waals surface area contributed by atoms with E-state index >= 15 is 0 Å². The first-order valence-corrected chi connectivity index (χ1v) is 8.68. The van der Waals surface area contributed by atoms with Crippen LogP contribution in [0.2, 0.25) is 0 Å². The number of nitrogens with zero attached hydrogens (tertiary/aromatic N) is 2. The van der Waals surface area contributed by atoms with Crippen molar-refractivity contribution in [3.63, 3.8) is 0 Å². The number of ether oxygens (including phenoxy) is 1. The Bertz CT molecular complexity index is 350. The standard InChI is InChI=1S/C17H31N3O/c1-3-12-21-16-6-4-10-20(13-16)11-5-9-17(2,14-18)19-15-7-8-15/h15-16,19H,3-13H2,1-2H3. The number of nitrogens with one attached hydrogen (secondary N) is 1. The lowest BCUT2D eigenvalue weighted by Gasteiger charge is -2.33. The van der Waals surface area contributed by atoms with E-state index in [1.54, 1.807) is 0 Å². The van der Waals surface area contributed by atoms with Gasteiger partial charge in [-0.25, -0.2) is 0 Å². The molecule has 2 atom stereocenters. The highest BCUT2D eigenvalue weighted by atomic mass is 16.5. The normalized spacial score (nSPS) is 26.2. The SMILES string of the molecule is CCCOC1CCCN(CCCC(C)(C#N)NC2CC2)C1. The number of nitriles is 1. The Morgan fingerprint density at radius 2 is 2.19 bits per heavy atom. The maximum atomic E-state index is 9.39. The van der Waals surface area contributed by atoms with Crippen molar-refractivity contribution in [2.45, 2.75) is 76.5 Å². The lowest BCUT2D eigenvalue weighted by atomic mass is 9.97. The molecule has 1 aliphatic carbocycles. The second kappa shape index (κ2) is 8.12. The molecule has 4 heteroatoms. The van der Waals surface area contributed by atoms with Crippen LogP contribution in [0.4, 0.5) is 0 Å². The molecule has 0 radical (unpaired) electrons. The summed E-state index contributed by atoms with van der Waals surface area (Å²) in [6, 6.07) is 3.06. The van der Waals surface area contributed by atoms with E-state index in [1.807, 2.05) is 0 Å². The van der Waals surface area contributed by atoms with Crippen molar-refractivity contribution in [1.29, 1.82) is 5.26 Å². The smallest absolute Gasteiger partial charge is 0.104 e. The van der Waals surface area contributed by atoms with E-state index in [9.17, 15) is 5.26 Å². The number of rotatable bonds is 9. The van der Waals surface area contributed by atoms with E-state index in [4.69, 9.17) is 4.74 Å². The molecule has 1 aliphatic heterocycles. The van der Waals surface area contributed by atoms with Crippen LogP contribution in [-0.2, 0) is 4.74 Å². The van der Waals surface area contributed by atoms with Gasteiger partial charge in [0.1, 0.15) is 5.54 Å². The van der Waals surface area contributed by atoms with Gasteiger partial charge in [-0.2, -0.15) is 5.26 Å². The van der Waals surface area contributed by atoms with Crippen LogP contribution in [0.25, 0.3) is 0 Å². The fraction of sp³-hybridized carbons (Fsp3) is 0.941. The van der Waals surface area contributed by atoms with Gasteiger partial charge in [0.15, 0.2) is 0 Å². The molecule has 0 bridgehead atoms. The molecular formula is C17H31N3O. The van der Waals surface area contributed by atoms with Crippen molar-refractivity contribution in [3.8, 4) is 6.07 Å². The Morgan fingerprint density at radius 3 is 2.86 bits per heavy atom. The van der Waals surface area contributed by atoms with Crippen molar-refractivity contribution < 1.29 is 4.74 Å². The molecular weight excluding hydrogens is 262 g/mol. The predicted octanol–water partition coefficient (Wildman–Crippen LogP) is 2.69. The highest BCUT2D eigenvalue weighted by Gasteiger charge is 2.32. The van der Waals surface area contributed by atoms with Crippen LogP contribution in [0.15, 0.2) is 0 Å². The molecule has 0 aromatic heterocycles. The molecule has 1 saturated carbocycles. The minimum atomic E-state index is -0.338. The summed E-state index contributed by atoms with van der Waals surface area (Å²) in [6.45, 7) is 8.45. The predicted molar refractivity (Wildman–Crippen MR) is 85.1 cm³/mol. The van der Waals surface area contributed by atoms with Gasteiger partial charge in [0.2, 0.25) is 0 Å². The molecule has 2 rings (SSSR count). The second-order valence-electron chi connectivity index (χ2n) is 6.90. The largest absolute Gasteiger partial charge is 0.377 e. The fourth-order valence-corrected chi connectivity index (χ4v) is 3.13. The van der Waals surface area contributed by atoms with Crippen LogP contribution in [-0.4, -0.2) is 48.8 Å². The number of piperidine rings is 1. The topological polar surface area (TPSA) is 48.3 Å². The summed E-state index contributed by atoms with van der Waals surface area (Å²) in [4.78, 5) is 2.51. The summed E-state index contributed by atoms with van der Waals surface area (Å²) in [5.41, 5.74) is -0.338. The zero-order valence-electron chi connectivity index (χ0n) is 13.7. The third-order valence-electron chi connectivity index (χ3n) is 4.52. The van der Waals surface area contributed by atoms with Gasteiger partial charge in [-0.15, -0.1) is 0 Å². The van der Waals surface area contributed by atoms with Crippen molar-refractivity contribution in [2.24, 2.45) is 0 Å². The molecule has 2 unspecified atom stereocenters. The second-order valence-corrected chi connectivity index (χ2v) is 6.90. The molecule has 0 aromatic rings. The molecule has 120 valence electrons. The lowest BCUT2D eigenvalue weighted by Crippen LogP contribution is -2.44. The van der Waals surface area contributed by atoms with Crippen molar-refractivity contribution in [3.05, 3.63) is 0 Å². The quantitative estimate of drug-likeness (QED) is 0.710. The van der Waals surface area contributed by atoms with Crippen molar-refractivity contribution in [2.75, 3.05) is 26.2 Å². The molecule has 2 fully saturated rings. The lowest BCUT2D eigenvalue weighted by molar-refractivity contribution is -0.000592. The first-order valence-electron chi connectivity index (χ1n) is 8.68. The van der Waals surface area contributed by atoms with Crippen LogP contribution >= 0.6 is 0 Å². The molecule has 1 saturated heterocycles. The fourth-order valence-electron chi connectivity index (χ4n) is 3.13. The van der Waals surface area contributed by atoms with E-state index in [2.05, 4.69) is 30.1 Å². The van der Waals surface area contributed by atoms with E-state index in [0.717, 1.165) is 39.0 Å². The molecule has 2 aliphatic rings. The van der Waals surface area contributed by atoms with E-state index in [-0.39, 0.29) is 5.54 Å². The van der Waals surface area contributed by atoms with Gasteiger partial charge in [-0.3, -0.25) is 5.32 Å². The Balaban J connectivity index is 1.66. The van der Waals surface area contributed by atoms with Gasteiger partial charge < -0.3 is 9.64 Å². The molecule has 0 spiro atoms. The molecule has 1 heterocycles. The highest BCUT2D eigenvalue weighted by Crippen LogP contribution is 2.24. The Hall–Kier alpha value is -0.630. The zero-order chi connectivity index (χ0) is 15.1. The zero-order valence-corrected chi connectivity index (χ0v) is 13.7. The molecule has 0 aromatic carbocycles. The molecule has 4 nitrogen and oxygen atoms in total. The van der Waals surface area contributed by atoms with Crippen LogP contribution < -0.4 is 5.32 Å². The number of likely N-dealkylation sites (tertiary alicyclic amines) is 1. The van der Waals surface area contributed by atoms with Gasteiger partial charge in [0.25, 0.3) is 0 Å². The Kier molecular flexibility index (Phi) is 6.47. The maximum absolute atomic E-state index is 9.39. The average molecular weight is 293 g/mol. The minimum Gasteiger partial charge on any atom is -0.377 e. The number of hydrogen-bond acceptors (Lipinski definition) is 4. The molecule has 21 heavy (non-hydrogen) atoms. The maximum Gasteiger partial charge on any atom is 0.104 e. The average Bonchev–Trinajstić information content (AvgIpc) is 3.29. The third kappa shape index (κ3) is 5.94. The molecule has 1 N–H and O–H groups in total. The Morgan fingerprint density at radius 1 is 1.38 bits per heavy atom. The van der Waals surface area contributed by atoms with Crippen molar-refractivity contribution >= 4 is 0 Å². The van der Waals surface area contributed by atoms with Crippen LogP contribution in [0, 0.1) is 11.3 Å². The summed E-state index contributed by atoms with van der Waals surface area (Å²) in [6.07, 6.45) is 8.47. The number of hydrogen-bond donors (Lipinski definition) is 1. The molecule has 0 amide bonds. The highest BCUT2D eigenvalue weighted by molar-refractivity contribution is 5.07. The monoisotopic (exact) mass is 293 g/mol. The van der Waals surface area contributed by atoms with Crippen LogP contribution in [0.3, 0.4) is 0 Å². The summed E-state index contributed by atoms with van der Waals surface area (Å²) in [5.74, 6) is 0. The van der Waals surface area contributed by atoms with Gasteiger partial charge in [-0.1, -0.05) is 6.92 Å². The third-order valence-corrected chi connectivity index (χ3v) is 4.52. The van der Waals surface area contributed by atoms with Gasteiger partial charge >= 0.3 is 0 Å². The first kappa shape index (κ1) is 16.7. The van der Waals surface area contributed by atoms with E-state index in [1.165, 1.54) is 32.2 Å². The van der Waals surface area contributed by atoms with E-state index < -0.39 is 0 Å². The van der Waals surface area contributed by atoms with Crippen molar-refractivity contribution in [1.82, 2.24) is 10.2 Å². The van der Waals surface area contributed by atoms with Crippen LogP contribution in [0.1, 0.15) is 58.8 Å². The first-order chi connectivity index (χ1) is 10.1. The Labute approximate surface area is 129 Å². The minimum absolute atomic E-state index is 0.338. The summed E-state index contributed by atoms with van der Waals surface area (Å²) in [5, 5.41) is 12.9. The van der Waals surface area contributed by atoms with Gasteiger partial charge in [0, 0.05) is 19.2 Å². The summed E-state index contributed by atoms with van der Waals surface area (Å²) in [7, 11) is 0. The van der Waals surface area contributed by atoms with E-state index in [0.29, 0.717) is 12.1 Å². The van der Waals surface area contributed by atoms with Crippen LogP contribution in [0.5, 0.6) is 0 Å². The van der Waals surface area contributed by atoms with Gasteiger partial charge in [-0.05, 0) is 65.0 Å². The summed E-state index contributed by atoms with van der Waals surface area (Å²) >= 11 is 0.